The van der Waals surface area contributed by atoms with Crippen LogP contribution in [-0.2, 0) is 6.54 Å². The Hall–Kier alpha value is -1.16. The Balaban J connectivity index is 2.41. The third kappa shape index (κ3) is 5.07. The smallest absolute Gasteiger partial charge is 0.232 e. The predicted molar refractivity (Wildman–Crippen MR) is 64.3 cm³/mol. The standard InChI is InChI=1S/C12H21N3O/c1-9(2)8-16-12-7-14-11(6-15-12)5-13-10(3)4/h6-7,9-10,13H,5,8H2,1-4H3. The highest BCUT2D eigenvalue weighted by molar-refractivity contribution is 5.07. The van der Waals surface area contributed by atoms with E-state index in [4.69, 9.17) is 4.74 Å². The van der Waals surface area contributed by atoms with E-state index in [0.717, 1.165) is 12.2 Å². The number of nitrogens with one attached hydrogen (secondary N) is 1. The van der Waals surface area contributed by atoms with Gasteiger partial charge in [0.15, 0.2) is 0 Å². The summed E-state index contributed by atoms with van der Waals surface area (Å²) in [5, 5.41) is 3.29. The Morgan fingerprint density at radius 1 is 1.19 bits per heavy atom. The van der Waals surface area contributed by atoms with Gasteiger partial charge in [-0.2, -0.15) is 0 Å². The minimum atomic E-state index is 0.457. The maximum absolute atomic E-state index is 5.45. The van der Waals surface area contributed by atoms with Crippen LogP contribution in [0.2, 0.25) is 0 Å². The number of nitrogens with zero attached hydrogens (tertiary/aromatic N) is 2. The van der Waals surface area contributed by atoms with Crippen molar-refractivity contribution in [2.75, 3.05) is 6.61 Å². The highest BCUT2D eigenvalue weighted by atomic mass is 16.5. The molecule has 0 radical (unpaired) electrons. The molecule has 0 aliphatic carbocycles. The molecule has 0 unspecified atom stereocenters. The van der Waals surface area contributed by atoms with Gasteiger partial charge in [0.1, 0.15) is 0 Å². The molecule has 0 aliphatic rings. The monoisotopic (exact) mass is 223 g/mol. The molecule has 0 spiro atoms. The van der Waals surface area contributed by atoms with Crippen LogP contribution in [0.1, 0.15) is 33.4 Å². The van der Waals surface area contributed by atoms with Crippen LogP contribution in [0.3, 0.4) is 0 Å². The number of hydrogen-bond donors (Lipinski definition) is 1. The number of hydrogen-bond acceptors (Lipinski definition) is 4. The third-order valence-corrected chi connectivity index (χ3v) is 1.94. The second-order valence-corrected chi connectivity index (χ2v) is 4.59. The van der Waals surface area contributed by atoms with Gasteiger partial charge in [0.25, 0.3) is 0 Å². The van der Waals surface area contributed by atoms with Crippen LogP contribution >= 0.6 is 0 Å². The normalized spacial score (nSPS) is 11.1. The molecule has 0 aliphatic heterocycles. The van der Waals surface area contributed by atoms with Gasteiger partial charge < -0.3 is 10.1 Å². The zero-order valence-corrected chi connectivity index (χ0v) is 10.5. The van der Waals surface area contributed by atoms with E-state index in [9.17, 15) is 0 Å². The zero-order chi connectivity index (χ0) is 12.0. The molecule has 1 rings (SSSR count). The first-order valence-corrected chi connectivity index (χ1v) is 5.75. The first-order chi connectivity index (χ1) is 7.58. The first kappa shape index (κ1) is 12.9. The molecule has 1 heterocycles. The van der Waals surface area contributed by atoms with Crippen molar-refractivity contribution in [3.8, 4) is 5.88 Å². The number of aromatic nitrogens is 2. The lowest BCUT2D eigenvalue weighted by Crippen LogP contribution is -2.22. The zero-order valence-electron chi connectivity index (χ0n) is 10.5. The molecule has 0 bridgehead atoms. The Bertz CT molecular complexity index is 265. The Morgan fingerprint density at radius 3 is 2.44 bits per heavy atom. The fourth-order valence-electron chi connectivity index (χ4n) is 1.07. The van der Waals surface area contributed by atoms with Crippen LogP contribution in [0.25, 0.3) is 0 Å². The molecule has 1 aromatic rings. The molecular formula is C12H21N3O. The van der Waals surface area contributed by atoms with E-state index in [1.807, 2.05) is 0 Å². The van der Waals surface area contributed by atoms with Gasteiger partial charge in [-0.3, -0.25) is 4.98 Å². The van der Waals surface area contributed by atoms with Crippen LogP contribution in [-0.4, -0.2) is 22.6 Å². The van der Waals surface area contributed by atoms with Gasteiger partial charge in [-0.25, -0.2) is 4.98 Å². The topological polar surface area (TPSA) is 47.0 Å². The summed E-state index contributed by atoms with van der Waals surface area (Å²) in [5.74, 6) is 1.10. The van der Waals surface area contributed by atoms with Crippen molar-refractivity contribution >= 4 is 0 Å². The maximum Gasteiger partial charge on any atom is 0.232 e. The van der Waals surface area contributed by atoms with Crippen molar-refractivity contribution in [3.05, 3.63) is 18.1 Å². The molecule has 1 N–H and O–H groups in total. The summed E-state index contributed by atoms with van der Waals surface area (Å²) in [6.07, 6.45) is 3.44. The van der Waals surface area contributed by atoms with Crippen molar-refractivity contribution in [3.63, 3.8) is 0 Å². The van der Waals surface area contributed by atoms with Crippen LogP contribution in [0.5, 0.6) is 5.88 Å². The van der Waals surface area contributed by atoms with Crippen LogP contribution in [0.15, 0.2) is 12.4 Å². The average Bonchev–Trinajstić information content (AvgIpc) is 2.25. The van der Waals surface area contributed by atoms with Crippen molar-refractivity contribution in [1.82, 2.24) is 15.3 Å². The predicted octanol–water partition coefficient (Wildman–Crippen LogP) is 2.01. The molecule has 0 aromatic carbocycles. The summed E-state index contributed by atoms with van der Waals surface area (Å²) in [6.45, 7) is 9.84. The van der Waals surface area contributed by atoms with Crippen molar-refractivity contribution in [1.29, 1.82) is 0 Å². The summed E-state index contributed by atoms with van der Waals surface area (Å²) < 4.78 is 5.45. The van der Waals surface area contributed by atoms with E-state index in [0.29, 0.717) is 24.4 Å². The lowest BCUT2D eigenvalue weighted by atomic mass is 10.2. The summed E-state index contributed by atoms with van der Waals surface area (Å²) in [6, 6.07) is 0.457. The van der Waals surface area contributed by atoms with Gasteiger partial charge in [-0.15, -0.1) is 0 Å². The van der Waals surface area contributed by atoms with Gasteiger partial charge in [-0.1, -0.05) is 27.7 Å². The summed E-state index contributed by atoms with van der Waals surface area (Å²) in [4.78, 5) is 8.48. The second kappa shape index (κ2) is 6.43. The lowest BCUT2D eigenvalue weighted by Gasteiger charge is -2.09. The van der Waals surface area contributed by atoms with E-state index < -0.39 is 0 Å². The second-order valence-electron chi connectivity index (χ2n) is 4.59. The summed E-state index contributed by atoms with van der Waals surface area (Å²) in [5.41, 5.74) is 0.936. The van der Waals surface area contributed by atoms with E-state index in [-0.39, 0.29) is 0 Å². The highest BCUT2D eigenvalue weighted by Crippen LogP contribution is 2.05. The van der Waals surface area contributed by atoms with E-state index in [2.05, 4.69) is 43.0 Å². The molecule has 0 saturated carbocycles. The molecular weight excluding hydrogens is 202 g/mol. The molecule has 0 saturated heterocycles. The van der Waals surface area contributed by atoms with Gasteiger partial charge in [-0.05, 0) is 5.92 Å². The third-order valence-electron chi connectivity index (χ3n) is 1.94. The molecule has 16 heavy (non-hydrogen) atoms. The Morgan fingerprint density at radius 2 is 1.94 bits per heavy atom. The summed E-state index contributed by atoms with van der Waals surface area (Å²) >= 11 is 0. The largest absolute Gasteiger partial charge is 0.476 e. The van der Waals surface area contributed by atoms with Crippen LogP contribution in [0.4, 0.5) is 0 Å². The fraction of sp³-hybridized carbons (Fsp3) is 0.667. The fourth-order valence-corrected chi connectivity index (χ4v) is 1.07. The molecule has 0 atom stereocenters. The van der Waals surface area contributed by atoms with Crippen LogP contribution in [0, 0.1) is 5.92 Å². The van der Waals surface area contributed by atoms with Gasteiger partial charge in [0, 0.05) is 12.6 Å². The molecule has 0 amide bonds. The SMILES string of the molecule is CC(C)COc1cnc(CNC(C)C)cn1. The molecule has 4 nitrogen and oxygen atoms in total. The lowest BCUT2D eigenvalue weighted by molar-refractivity contribution is 0.260. The first-order valence-electron chi connectivity index (χ1n) is 5.75. The van der Waals surface area contributed by atoms with Crippen molar-refractivity contribution in [2.24, 2.45) is 5.92 Å². The van der Waals surface area contributed by atoms with E-state index in [1.165, 1.54) is 0 Å². The number of ether oxygens (including phenoxy) is 1. The minimum Gasteiger partial charge on any atom is -0.476 e. The van der Waals surface area contributed by atoms with Crippen molar-refractivity contribution in [2.45, 2.75) is 40.3 Å². The molecule has 4 heteroatoms. The molecule has 90 valence electrons. The Kier molecular flexibility index (Phi) is 5.19. The van der Waals surface area contributed by atoms with E-state index >= 15 is 0 Å². The summed E-state index contributed by atoms with van der Waals surface area (Å²) in [7, 11) is 0. The minimum absolute atomic E-state index is 0.457. The molecule has 0 fully saturated rings. The van der Waals surface area contributed by atoms with Gasteiger partial charge in [0.2, 0.25) is 5.88 Å². The van der Waals surface area contributed by atoms with Crippen molar-refractivity contribution < 1.29 is 4.74 Å². The number of rotatable bonds is 6. The van der Waals surface area contributed by atoms with Gasteiger partial charge >= 0.3 is 0 Å². The van der Waals surface area contributed by atoms with Gasteiger partial charge in [0.05, 0.1) is 24.7 Å². The van der Waals surface area contributed by atoms with Crippen LogP contribution < -0.4 is 10.1 Å². The van der Waals surface area contributed by atoms with E-state index in [1.54, 1.807) is 12.4 Å². The average molecular weight is 223 g/mol. The highest BCUT2D eigenvalue weighted by Gasteiger charge is 2.01. The quantitative estimate of drug-likeness (QED) is 0.801. The molecule has 1 aromatic heterocycles. The Labute approximate surface area is 97.5 Å². The maximum atomic E-state index is 5.45.